The molecule has 0 saturated heterocycles. The van der Waals surface area contributed by atoms with Gasteiger partial charge >= 0.3 is 5.91 Å². The average molecular weight is 450 g/mol. The summed E-state index contributed by atoms with van der Waals surface area (Å²) in [6.45, 7) is 4.09. The number of ether oxygens (including phenoxy) is 1. The van der Waals surface area contributed by atoms with E-state index in [0.29, 0.717) is 10.6 Å². The molecule has 27 heavy (non-hydrogen) atoms. The quantitative estimate of drug-likeness (QED) is 0.383. The van der Waals surface area contributed by atoms with E-state index in [4.69, 9.17) is 20.8 Å². The lowest BCUT2D eigenvalue weighted by Gasteiger charge is -2.14. The topological polar surface area (TPSA) is 63.8 Å². The van der Waals surface area contributed by atoms with E-state index < -0.39 is 5.91 Å². The van der Waals surface area contributed by atoms with Crippen LogP contribution in [-0.2, 0) is 0 Å². The number of rotatable bonds is 6. The zero-order valence-corrected chi connectivity index (χ0v) is 17.2. The Morgan fingerprint density at radius 2 is 2.15 bits per heavy atom. The number of hydrogen-bond donors (Lipinski definition) is 1. The van der Waals surface area contributed by atoms with Gasteiger partial charge in [-0.1, -0.05) is 18.5 Å². The van der Waals surface area contributed by atoms with Gasteiger partial charge in [0.05, 0.1) is 16.8 Å². The maximum Gasteiger partial charge on any atom is 0.307 e. The SMILES string of the molecule is CC[C@H](C)Oc1ccc(/C=N/NC(=O)c2cc3cc(Cl)ccc3o2)cc1Br. The van der Waals surface area contributed by atoms with Gasteiger partial charge in [-0.25, -0.2) is 5.43 Å². The van der Waals surface area contributed by atoms with E-state index in [-0.39, 0.29) is 11.9 Å². The number of furan rings is 1. The first-order valence-corrected chi connectivity index (χ1v) is 9.62. The van der Waals surface area contributed by atoms with Crippen LogP contribution >= 0.6 is 27.5 Å². The predicted molar refractivity (Wildman–Crippen MR) is 111 cm³/mol. The van der Waals surface area contributed by atoms with Crippen LogP contribution in [0.1, 0.15) is 36.4 Å². The van der Waals surface area contributed by atoms with Gasteiger partial charge in [-0.15, -0.1) is 0 Å². The van der Waals surface area contributed by atoms with Crippen molar-refractivity contribution < 1.29 is 13.9 Å². The molecule has 0 saturated carbocycles. The van der Waals surface area contributed by atoms with E-state index in [0.717, 1.165) is 27.6 Å². The second-order valence-corrected chi connectivity index (χ2v) is 7.31. The first-order valence-electron chi connectivity index (χ1n) is 8.45. The number of hydrogen-bond acceptors (Lipinski definition) is 4. The van der Waals surface area contributed by atoms with Crippen molar-refractivity contribution in [2.24, 2.45) is 5.10 Å². The van der Waals surface area contributed by atoms with Crippen molar-refractivity contribution in [1.82, 2.24) is 5.43 Å². The number of hydrazone groups is 1. The minimum Gasteiger partial charge on any atom is -0.490 e. The predicted octanol–water partition coefficient (Wildman–Crippen LogP) is 5.79. The Bertz CT molecular complexity index is 1000. The van der Waals surface area contributed by atoms with Crippen molar-refractivity contribution in [2.75, 3.05) is 0 Å². The van der Waals surface area contributed by atoms with Gasteiger partial charge in [0.1, 0.15) is 11.3 Å². The van der Waals surface area contributed by atoms with Crippen LogP contribution in [0.25, 0.3) is 11.0 Å². The number of nitrogens with zero attached hydrogens (tertiary/aromatic N) is 1. The highest BCUT2D eigenvalue weighted by atomic mass is 79.9. The Balaban J connectivity index is 1.65. The van der Waals surface area contributed by atoms with Gasteiger partial charge in [0, 0.05) is 10.4 Å². The first kappa shape index (κ1) is 19.5. The van der Waals surface area contributed by atoms with Crippen molar-refractivity contribution in [3.63, 3.8) is 0 Å². The minimum absolute atomic E-state index is 0.138. The molecule has 0 bridgehead atoms. The lowest BCUT2D eigenvalue weighted by atomic mass is 10.2. The summed E-state index contributed by atoms with van der Waals surface area (Å²) >= 11 is 9.43. The molecule has 0 spiro atoms. The van der Waals surface area contributed by atoms with E-state index in [9.17, 15) is 4.79 Å². The lowest BCUT2D eigenvalue weighted by molar-refractivity contribution is 0.0929. The number of fused-ring (bicyclic) bond motifs is 1. The number of carbonyl (C=O) groups is 1. The third kappa shape index (κ3) is 4.90. The Kier molecular flexibility index (Phi) is 6.19. The molecule has 1 atom stereocenters. The Morgan fingerprint density at radius 3 is 2.89 bits per heavy atom. The van der Waals surface area contributed by atoms with Crippen LogP contribution in [0.4, 0.5) is 0 Å². The molecule has 0 radical (unpaired) electrons. The van der Waals surface area contributed by atoms with Gasteiger partial charge in [0.25, 0.3) is 0 Å². The highest BCUT2D eigenvalue weighted by Gasteiger charge is 2.12. The number of amides is 1. The van der Waals surface area contributed by atoms with Gasteiger partial charge in [-0.2, -0.15) is 5.10 Å². The molecule has 3 aromatic rings. The van der Waals surface area contributed by atoms with Gasteiger partial charge in [0.2, 0.25) is 0 Å². The van der Waals surface area contributed by atoms with Gasteiger partial charge < -0.3 is 9.15 Å². The summed E-state index contributed by atoms with van der Waals surface area (Å²) in [5, 5.41) is 5.33. The molecule has 1 amide bonds. The molecule has 0 aliphatic rings. The van der Waals surface area contributed by atoms with Crippen LogP contribution in [0.3, 0.4) is 0 Å². The van der Waals surface area contributed by atoms with Crippen LogP contribution in [0.5, 0.6) is 5.75 Å². The lowest BCUT2D eigenvalue weighted by Crippen LogP contribution is -2.16. The van der Waals surface area contributed by atoms with Crippen molar-refractivity contribution in [2.45, 2.75) is 26.4 Å². The molecule has 0 unspecified atom stereocenters. The number of nitrogens with one attached hydrogen (secondary N) is 1. The summed E-state index contributed by atoms with van der Waals surface area (Å²) in [6.07, 6.45) is 2.61. The third-order valence-corrected chi connectivity index (χ3v) is 4.80. The summed E-state index contributed by atoms with van der Waals surface area (Å²) in [7, 11) is 0. The van der Waals surface area contributed by atoms with Gasteiger partial charge in [0.15, 0.2) is 5.76 Å². The zero-order valence-electron chi connectivity index (χ0n) is 14.8. The van der Waals surface area contributed by atoms with E-state index in [1.54, 1.807) is 30.5 Å². The molecular formula is C20H18BrClN2O3. The maximum atomic E-state index is 12.2. The van der Waals surface area contributed by atoms with Crippen LogP contribution < -0.4 is 10.2 Å². The van der Waals surface area contributed by atoms with E-state index in [1.165, 1.54) is 0 Å². The van der Waals surface area contributed by atoms with Gasteiger partial charge in [-0.3, -0.25) is 4.79 Å². The standard InChI is InChI=1S/C20H18BrClN2O3/c1-3-12(2)26-18-6-4-13(8-16(18)21)11-23-24-20(25)19-10-14-9-15(22)5-7-17(14)27-19/h4-12H,3H2,1-2H3,(H,24,25)/b23-11+/t12-/m0/s1. The molecule has 2 aromatic carbocycles. The summed E-state index contributed by atoms with van der Waals surface area (Å²) in [4.78, 5) is 12.2. The fraction of sp³-hybridized carbons (Fsp3) is 0.200. The molecule has 0 fully saturated rings. The van der Waals surface area contributed by atoms with E-state index in [2.05, 4.69) is 33.4 Å². The monoisotopic (exact) mass is 448 g/mol. The van der Waals surface area contributed by atoms with Crippen molar-refractivity contribution in [3.05, 3.63) is 63.3 Å². The molecule has 3 rings (SSSR count). The third-order valence-electron chi connectivity index (χ3n) is 3.94. The second kappa shape index (κ2) is 8.59. The van der Waals surface area contributed by atoms with Crippen molar-refractivity contribution >= 4 is 50.6 Å². The Hall–Kier alpha value is -2.31. The molecule has 7 heteroatoms. The summed E-state index contributed by atoms with van der Waals surface area (Å²) < 4.78 is 12.1. The molecule has 140 valence electrons. The Labute approximate surface area is 170 Å². The van der Waals surface area contributed by atoms with E-state index >= 15 is 0 Å². The average Bonchev–Trinajstić information content (AvgIpc) is 3.07. The Morgan fingerprint density at radius 1 is 1.33 bits per heavy atom. The molecule has 5 nitrogen and oxygen atoms in total. The first-order chi connectivity index (χ1) is 13.0. The smallest absolute Gasteiger partial charge is 0.307 e. The molecular weight excluding hydrogens is 432 g/mol. The fourth-order valence-corrected chi connectivity index (χ4v) is 3.01. The number of halogens is 2. The normalized spacial score (nSPS) is 12.4. The maximum absolute atomic E-state index is 12.2. The number of carbonyl (C=O) groups excluding carboxylic acids is 1. The zero-order chi connectivity index (χ0) is 19.4. The van der Waals surface area contributed by atoms with Crippen molar-refractivity contribution in [1.29, 1.82) is 0 Å². The second-order valence-electron chi connectivity index (χ2n) is 6.02. The van der Waals surface area contributed by atoms with Crippen LogP contribution in [-0.4, -0.2) is 18.2 Å². The van der Waals surface area contributed by atoms with Crippen molar-refractivity contribution in [3.8, 4) is 5.75 Å². The molecule has 0 aliphatic carbocycles. The molecule has 1 aromatic heterocycles. The summed E-state index contributed by atoms with van der Waals surface area (Å²) in [5.41, 5.74) is 3.86. The van der Waals surface area contributed by atoms with Gasteiger partial charge in [-0.05, 0) is 77.3 Å². The largest absolute Gasteiger partial charge is 0.490 e. The minimum atomic E-state index is -0.436. The van der Waals surface area contributed by atoms with Crippen LogP contribution in [0.15, 0.2) is 56.5 Å². The van der Waals surface area contributed by atoms with E-state index in [1.807, 2.05) is 25.1 Å². The highest BCUT2D eigenvalue weighted by molar-refractivity contribution is 9.10. The molecule has 0 aliphatic heterocycles. The molecule has 1 N–H and O–H groups in total. The van der Waals surface area contributed by atoms with Crippen LogP contribution in [0, 0.1) is 0 Å². The fourth-order valence-electron chi connectivity index (χ4n) is 2.34. The highest BCUT2D eigenvalue weighted by Crippen LogP contribution is 2.27. The summed E-state index contributed by atoms with van der Waals surface area (Å²) in [5.74, 6) is 0.503. The summed E-state index contributed by atoms with van der Waals surface area (Å²) in [6, 6.07) is 12.4. The van der Waals surface area contributed by atoms with Crippen LogP contribution in [0.2, 0.25) is 5.02 Å². The number of benzene rings is 2. The molecule has 1 heterocycles.